The number of hydrogen-bond acceptors (Lipinski definition) is 6. The van der Waals surface area contributed by atoms with E-state index in [1.165, 1.54) is 0 Å². The van der Waals surface area contributed by atoms with Crippen LogP contribution in [0, 0.1) is 0 Å². The number of rotatable bonds is 5. The molecule has 1 amide bonds. The summed E-state index contributed by atoms with van der Waals surface area (Å²) in [6, 6.07) is 0.171. The van der Waals surface area contributed by atoms with Crippen molar-refractivity contribution < 1.29 is 9.21 Å². The molecule has 88 valence electrons. The quantitative estimate of drug-likeness (QED) is 0.630. The SMILES string of the molecule is CC(Nc1nnc(CN)o1)C(=O)NC1CC1. The summed E-state index contributed by atoms with van der Waals surface area (Å²) in [6.45, 7) is 1.93. The van der Waals surface area contributed by atoms with Gasteiger partial charge in [0.2, 0.25) is 11.8 Å². The molecule has 0 saturated heterocycles. The van der Waals surface area contributed by atoms with Crippen LogP contribution >= 0.6 is 0 Å². The Morgan fingerprint density at radius 3 is 2.94 bits per heavy atom. The standard InChI is InChI=1S/C9H15N5O2/c1-5(8(15)12-6-2-3-6)11-9-14-13-7(4-10)16-9/h5-6H,2-4,10H2,1H3,(H,11,14)(H,12,15). The van der Waals surface area contributed by atoms with Gasteiger partial charge in [-0.2, -0.15) is 0 Å². The summed E-state index contributed by atoms with van der Waals surface area (Å²) in [6.07, 6.45) is 2.13. The van der Waals surface area contributed by atoms with E-state index in [0.717, 1.165) is 12.8 Å². The highest BCUT2D eigenvalue weighted by atomic mass is 16.4. The van der Waals surface area contributed by atoms with Gasteiger partial charge in [0, 0.05) is 6.04 Å². The smallest absolute Gasteiger partial charge is 0.316 e. The van der Waals surface area contributed by atoms with E-state index in [1.807, 2.05) is 0 Å². The van der Waals surface area contributed by atoms with Gasteiger partial charge in [-0.15, -0.1) is 5.10 Å². The van der Waals surface area contributed by atoms with Crippen LogP contribution in [0.4, 0.5) is 6.01 Å². The van der Waals surface area contributed by atoms with Gasteiger partial charge in [0.15, 0.2) is 0 Å². The monoisotopic (exact) mass is 225 g/mol. The van der Waals surface area contributed by atoms with Crippen molar-refractivity contribution in [1.29, 1.82) is 0 Å². The average Bonchev–Trinajstić information content (AvgIpc) is 2.96. The lowest BCUT2D eigenvalue weighted by atomic mass is 10.3. The second kappa shape index (κ2) is 4.48. The minimum atomic E-state index is -0.397. The second-order valence-electron chi connectivity index (χ2n) is 3.85. The molecule has 4 N–H and O–H groups in total. The van der Waals surface area contributed by atoms with Crippen LogP contribution in [0.2, 0.25) is 0 Å². The van der Waals surface area contributed by atoms with Crippen molar-refractivity contribution in [3.05, 3.63) is 5.89 Å². The molecule has 7 nitrogen and oxygen atoms in total. The second-order valence-corrected chi connectivity index (χ2v) is 3.85. The molecular formula is C9H15N5O2. The van der Waals surface area contributed by atoms with E-state index in [4.69, 9.17) is 10.2 Å². The van der Waals surface area contributed by atoms with E-state index in [0.29, 0.717) is 11.9 Å². The van der Waals surface area contributed by atoms with E-state index in [-0.39, 0.29) is 18.5 Å². The first-order chi connectivity index (χ1) is 7.69. The zero-order chi connectivity index (χ0) is 11.5. The fourth-order valence-corrected chi connectivity index (χ4v) is 1.20. The van der Waals surface area contributed by atoms with Gasteiger partial charge in [-0.05, 0) is 19.8 Å². The molecule has 0 radical (unpaired) electrons. The molecule has 1 saturated carbocycles. The number of carbonyl (C=O) groups excluding carboxylic acids is 1. The Morgan fingerprint density at radius 2 is 2.38 bits per heavy atom. The Balaban J connectivity index is 1.84. The van der Waals surface area contributed by atoms with Gasteiger partial charge in [-0.3, -0.25) is 4.79 Å². The van der Waals surface area contributed by atoms with Gasteiger partial charge < -0.3 is 20.8 Å². The van der Waals surface area contributed by atoms with Crippen LogP contribution in [0.15, 0.2) is 4.42 Å². The lowest BCUT2D eigenvalue weighted by Crippen LogP contribution is -2.38. The molecule has 7 heteroatoms. The van der Waals surface area contributed by atoms with Gasteiger partial charge >= 0.3 is 6.01 Å². The summed E-state index contributed by atoms with van der Waals surface area (Å²) in [5.74, 6) is 0.285. The normalized spacial score (nSPS) is 16.9. The number of carbonyl (C=O) groups is 1. The summed E-state index contributed by atoms with van der Waals surface area (Å²) in [5.41, 5.74) is 5.32. The molecule has 0 bridgehead atoms. The lowest BCUT2D eigenvalue weighted by molar-refractivity contribution is -0.121. The molecule has 1 aliphatic rings. The third-order valence-corrected chi connectivity index (χ3v) is 2.30. The molecule has 1 atom stereocenters. The summed E-state index contributed by atoms with van der Waals surface area (Å²) in [4.78, 5) is 11.6. The van der Waals surface area contributed by atoms with Crippen LogP contribution in [-0.2, 0) is 11.3 Å². The number of anilines is 1. The molecule has 0 aliphatic heterocycles. The highest BCUT2D eigenvalue weighted by Crippen LogP contribution is 2.18. The van der Waals surface area contributed by atoms with Crippen molar-refractivity contribution in [3.63, 3.8) is 0 Å². The number of nitrogens with zero attached hydrogens (tertiary/aromatic N) is 2. The van der Waals surface area contributed by atoms with Crippen molar-refractivity contribution in [2.24, 2.45) is 5.73 Å². The Labute approximate surface area is 92.8 Å². The lowest BCUT2D eigenvalue weighted by Gasteiger charge is -2.11. The predicted octanol–water partition coefficient (Wildman–Crippen LogP) is -0.393. The maximum atomic E-state index is 11.6. The molecule has 1 fully saturated rings. The van der Waals surface area contributed by atoms with Crippen LogP contribution < -0.4 is 16.4 Å². The third-order valence-electron chi connectivity index (χ3n) is 2.30. The van der Waals surface area contributed by atoms with Crippen molar-refractivity contribution in [3.8, 4) is 0 Å². The molecule has 16 heavy (non-hydrogen) atoms. The summed E-state index contributed by atoms with van der Waals surface area (Å²) in [5, 5.41) is 13.1. The molecule has 1 heterocycles. The topological polar surface area (TPSA) is 106 Å². The van der Waals surface area contributed by atoms with Gasteiger partial charge in [0.05, 0.1) is 6.54 Å². The molecular weight excluding hydrogens is 210 g/mol. The van der Waals surface area contributed by atoms with E-state index in [2.05, 4.69) is 20.8 Å². The van der Waals surface area contributed by atoms with Gasteiger partial charge in [0.1, 0.15) is 6.04 Å². The van der Waals surface area contributed by atoms with Crippen molar-refractivity contribution in [2.75, 3.05) is 5.32 Å². The Hall–Kier alpha value is -1.63. The summed E-state index contributed by atoms with van der Waals surface area (Å²) >= 11 is 0. The average molecular weight is 225 g/mol. The zero-order valence-electron chi connectivity index (χ0n) is 9.06. The van der Waals surface area contributed by atoms with Crippen molar-refractivity contribution in [1.82, 2.24) is 15.5 Å². The molecule has 1 aliphatic carbocycles. The molecule has 1 aromatic rings. The highest BCUT2D eigenvalue weighted by Gasteiger charge is 2.26. The van der Waals surface area contributed by atoms with Gasteiger partial charge in [0.25, 0.3) is 0 Å². The predicted molar refractivity (Wildman–Crippen MR) is 56.4 cm³/mol. The van der Waals surface area contributed by atoms with E-state index < -0.39 is 6.04 Å². The minimum absolute atomic E-state index is 0.0602. The van der Waals surface area contributed by atoms with Crippen LogP contribution in [0.3, 0.4) is 0 Å². The van der Waals surface area contributed by atoms with Crippen molar-refractivity contribution >= 4 is 11.9 Å². The molecule has 0 aromatic carbocycles. The van der Waals surface area contributed by atoms with E-state index >= 15 is 0 Å². The molecule has 0 spiro atoms. The number of nitrogens with two attached hydrogens (primary N) is 1. The van der Waals surface area contributed by atoms with Gasteiger partial charge in [-0.25, -0.2) is 0 Å². The van der Waals surface area contributed by atoms with Crippen LogP contribution in [-0.4, -0.2) is 28.2 Å². The zero-order valence-corrected chi connectivity index (χ0v) is 9.06. The fourth-order valence-electron chi connectivity index (χ4n) is 1.20. The molecule has 1 unspecified atom stereocenters. The molecule has 2 rings (SSSR count). The fraction of sp³-hybridized carbons (Fsp3) is 0.667. The summed E-state index contributed by atoms with van der Waals surface area (Å²) < 4.78 is 5.14. The number of aromatic nitrogens is 2. The van der Waals surface area contributed by atoms with E-state index in [1.54, 1.807) is 6.92 Å². The highest BCUT2D eigenvalue weighted by molar-refractivity contribution is 5.84. The Kier molecular flexibility index (Phi) is 3.04. The van der Waals surface area contributed by atoms with E-state index in [9.17, 15) is 4.79 Å². The number of amides is 1. The molecule has 1 aromatic heterocycles. The van der Waals surface area contributed by atoms with Crippen LogP contribution in [0.5, 0.6) is 0 Å². The van der Waals surface area contributed by atoms with Gasteiger partial charge in [-0.1, -0.05) is 5.10 Å². The minimum Gasteiger partial charge on any atom is -0.407 e. The maximum Gasteiger partial charge on any atom is 0.316 e. The van der Waals surface area contributed by atoms with Crippen molar-refractivity contribution in [2.45, 2.75) is 38.4 Å². The first-order valence-corrected chi connectivity index (χ1v) is 5.28. The summed E-state index contributed by atoms with van der Waals surface area (Å²) in [7, 11) is 0. The number of hydrogen-bond donors (Lipinski definition) is 3. The first kappa shape index (κ1) is 10.9. The maximum absolute atomic E-state index is 11.6. The Bertz CT molecular complexity index is 374. The Morgan fingerprint density at radius 1 is 1.62 bits per heavy atom. The number of nitrogens with one attached hydrogen (secondary N) is 2. The first-order valence-electron chi connectivity index (χ1n) is 5.28. The van der Waals surface area contributed by atoms with Crippen LogP contribution in [0.25, 0.3) is 0 Å². The third kappa shape index (κ3) is 2.69. The largest absolute Gasteiger partial charge is 0.407 e. The van der Waals surface area contributed by atoms with Crippen LogP contribution in [0.1, 0.15) is 25.7 Å².